The van der Waals surface area contributed by atoms with Crippen molar-refractivity contribution in [2.24, 2.45) is 0 Å². The summed E-state index contributed by atoms with van der Waals surface area (Å²) in [6.45, 7) is 11.1. The summed E-state index contributed by atoms with van der Waals surface area (Å²) in [7, 11) is -1.71. The highest BCUT2D eigenvalue weighted by Gasteiger charge is 2.27. The maximum atomic E-state index is 14.3. The van der Waals surface area contributed by atoms with Gasteiger partial charge in [0.15, 0.2) is 11.0 Å². The zero-order chi connectivity index (χ0) is 31.1. The van der Waals surface area contributed by atoms with E-state index in [4.69, 9.17) is 16.0 Å². The first-order valence-electron chi connectivity index (χ1n) is 13.7. The van der Waals surface area contributed by atoms with Crippen LogP contribution in [0.25, 0.3) is 22.3 Å². The van der Waals surface area contributed by atoms with Crippen molar-refractivity contribution in [1.82, 2.24) is 0 Å². The van der Waals surface area contributed by atoms with Gasteiger partial charge in [-0.1, -0.05) is 66.2 Å². The second-order valence-electron chi connectivity index (χ2n) is 9.92. The fourth-order valence-corrected chi connectivity index (χ4v) is 7.20. The minimum Gasteiger partial charge on any atom is -0.477 e. The molecule has 0 fully saturated rings. The molecule has 2 aromatic heterocycles. The van der Waals surface area contributed by atoms with E-state index in [-0.39, 0.29) is 11.4 Å². The fraction of sp³-hybridized carbons (Fsp3) is 0.171. The zero-order valence-corrected chi connectivity index (χ0v) is 27.0. The predicted octanol–water partition coefficient (Wildman–Crippen LogP) is 10.2. The van der Waals surface area contributed by atoms with Crippen LogP contribution < -0.4 is 4.31 Å². The molecule has 43 heavy (non-hydrogen) atoms. The molecular weight excluding hydrogens is 598 g/mol. The predicted molar refractivity (Wildman–Crippen MR) is 181 cm³/mol. The Bertz CT molecular complexity index is 1780. The number of rotatable bonds is 9. The summed E-state index contributed by atoms with van der Waals surface area (Å²) in [4.78, 5) is 14.0. The lowest BCUT2D eigenvalue weighted by Gasteiger charge is -2.25. The number of carboxylic acid groups (broad SMARTS) is 1. The largest absolute Gasteiger partial charge is 0.477 e. The standard InChI is InChI=1S/C32H28ClNO4S2.C3H6/c1-4-5-12-25-18-27(31(39-25)32(35)36)34(40(37)30-15-20(2)26(33)14-21(30)3)19-22-9-8-11-23(16-22)29-17-24-10-6-7-13-28(24)38-29;1-3-2/h4-11,13-18H,12,19H2,1-3H3,(H,35,36);3H,1H2,2H3/b5-4-;. The van der Waals surface area contributed by atoms with Crippen LogP contribution >= 0.6 is 22.9 Å². The van der Waals surface area contributed by atoms with Crippen LogP contribution in [0.4, 0.5) is 5.69 Å². The smallest absolute Gasteiger partial charge is 0.348 e. The number of allylic oxidation sites excluding steroid dienone is 3. The number of thiophene rings is 1. The minimum absolute atomic E-state index is 0.157. The second-order valence-corrected chi connectivity index (χ2v) is 12.8. The third-order valence-corrected chi connectivity index (χ3v) is 9.67. The van der Waals surface area contributed by atoms with Crippen molar-refractivity contribution in [2.45, 2.75) is 45.6 Å². The third-order valence-electron chi connectivity index (χ3n) is 6.59. The normalized spacial score (nSPS) is 11.7. The molecule has 0 spiro atoms. The van der Waals surface area contributed by atoms with E-state index in [1.54, 1.807) is 16.4 Å². The van der Waals surface area contributed by atoms with Gasteiger partial charge in [0.1, 0.15) is 16.2 Å². The Morgan fingerprint density at radius 2 is 1.79 bits per heavy atom. The molecule has 0 amide bonds. The van der Waals surface area contributed by atoms with Crippen LogP contribution in [0, 0.1) is 13.8 Å². The molecule has 0 bridgehead atoms. The Morgan fingerprint density at radius 3 is 2.49 bits per heavy atom. The van der Waals surface area contributed by atoms with Crippen molar-refractivity contribution in [2.75, 3.05) is 4.31 Å². The van der Waals surface area contributed by atoms with Crippen LogP contribution in [-0.2, 0) is 24.0 Å². The van der Waals surface area contributed by atoms with E-state index < -0.39 is 17.0 Å². The first-order chi connectivity index (χ1) is 20.7. The lowest BCUT2D eigenvalue weighted by Crippen LogP contribution is -2.27. The van der Waals surface area contributed by atoms with Gasteiger partial charge < -0.3 is 9.52 Å². The Kier molecular flexibility index (Phi) is 10.8. The number of carbonyl (C=O) groups is 1. The Balaban J connectivity index is 0.00000135. The van der Waals surface area contributed by atoms with Gasteiger partial charge in [-0.2, -0.15) is 0 Å². The Labute approximate surface area is 264 Å². The zero-order valence-electron chi connectivity index (χ0n) is 24.6. The van der Waals surface area contributed by atoms with Crippen molar-refractivity contribution in [3.63, 3.8) is 0 Å². The molecule has 1 atom stereocenters. The molecule has 0 aliphatic heterocycles. The topological polar surface area (TPSA) is 70.8 Å². The second kappa shape index (κ2) is 14.5. The highest BCUT2D eigenvalue weighted by Crippen LogP contribution is 2.36. The number of benzene rings is 3. The van der Waals surface area contributed by atoms with Crippen LogP contribution in [0.3, 0.4) is 0 Å². The molecule has 0 saturated heterocycles. The summed E-state index contributed by atoms with van der Waals surface area (Å²) in [5.74, 6) is -0.316. The van der Waals surface area contributed by atoms with E-state index in [0.717, 1.165) is 43.9 Å². The molecule has 2 heterocycles. The van der Waals surface area contributed by atoms with Gasteiger partial charge in [0.05, 0.1) is 17.1 Å². The number of fused-ring (bicyclic) bond motifs is 1. The quantitative estimate of drug-likeness (QED) is 0.164. The highest BCUT2D eigenvalue weighted by molar-refractivity contribution is 7.86. The van der Waals surface area contributed by atoms with E-state index >= 15 is 0 Å². The molecule has 3 aromatic carbocycles. The van der Waals surface area contributed by atoms with Crippen LogP contribution in [-0.4, -0.2) is 15.3 Å². The molecule has 5 rings (SSSR count). The van der Waals surface area contributed by atoms with E-state index in [0.29, 0.717) is 22.0 Å². The van der Waals surface area contributed by atoms with E-state index in [2.05, 4.69) is 6.58 Å². The van der Waals surface area contributed by atoms with Gasteiger partial charge in [-0.25, -0.2) is 9.00 Å². The average molecular weight is 632 g/mol. The summed E-state index contributed by atoms with van der Waals surface area (Å²) in [6.07, 6.45) is 6.26. The highest BCUT2D eigenvalue weighted by atomic mass is 35.5. The molecule has 0 radical (unpaired) electrons. The molecule has 8 heteroatoms. The van der Waals surface area contributed by atoms with Crippen molar-refractivity contribution in [1.29, 1.82) is 0 Å². The van der Waals surface area contributed by atoms with E-state index in [1.165, 1.54) is 11.3 Å². The Morgan fingerprint density at radius 1 is 1.05 bits per heavy atom. The van der Waals surface area contributed by atoms with Crippen LogP contribution in [0.1, 0.15) is 45.1 Å². The summed E-state index contributed by atoms with van der Waals surface area (Å²) in [5.41, 5.74) is 4.56. The van der Waals surface area contributed by atoms with Gasteiger partial charge in [-0.05, 0) is 87.2 Å². The molecule has 0 aliphatic rings. The minimum atomic E-state index is -1.71. The van der Waals surface area contributed by atoms with Gasteiger partial charge in [0.2, 0.25) is 0 Å². The molecular formula is C35H34ClNO4S2. The molecule has 0 saturated carbocycles. The molecule has 1 N–H and O–H groups in total. The van der Waals surface area contributed by atoms with Gasteiger partial charge in [0.25, 0.3) is 0 Å². The van der Waals surface area contributed by atoms with Crippen molar-refractivity contribution >= 4 is 56.5 Å². The molecule has 222 valence electrons. The lowest BCUT2D eigenvalue weighted by atomic mass is 10.1. The monoisotopic (exact) mass is 631 g/mol. The van der Waals surface area contributed by atoms with E-state index in [9.17, 15) is 14.1 Å². The molecule has 0 aliphatic carbocycles. The van der Waals surface area contributed by atoms with Crippen molar-refractivity contribution in [3.8, 4) is 11.3 Å². The van der Waals surface area contributed by atoms with Crippen LogP contribution in [0.5, 0.6) is 0 Å². The number of hydrogen-bond acceptors (Lipinski definition) is 4. The van der Waals surface area contributed by atoms with Gasteiger partial charge in [-0.15, -0.1) is 17.9 Å². The number of anilines is 1. The van der Waals surface area contributed by atoms with Crippen LogP contribution in [0.15, 0.2) is 107 Å². The van der Waals surface area contributed by atoms with Gasteiger partial charge in [-0.3, -0.25) is 4.31 Å². The summed E-state index contributed by atoms with van der Waals surface area (Å²) >= 11 is 7.54. The number of aromatic carboxylic acids is 1. The fourth-order valence-electron chi connectivity index (χ4n) is 4.51. The average Bonchev–Trinajstić information content (AvgIpc) is 3.62. The SMILES string of the molecule is C/C=C\Cc1cc(N(Cc2cccc(-c3cc4ccccc4o3)c2)S(=O)c2cc(C)c(Cl)cc2C)c(C(=O)O)s1.C=CC. The number of furan rings is 1. The maximum absolute atomic E-state index is 14.3. The number of nitrogens with zero attached hydrogens (tertiary/aromatic N) is 1. The molecule has 1 unspecified atom stereocenters. The van der Waals surface area contributed by atoms with Crippen molar-refractivity contribution in [3.05, 3.63) is 129 Å². The van der Waals surface area contributed by atoms with E-state index in [1.807, 2.05) is 107 Å². The molecule has 5 aromatic rings. The summed E-state index contributed by atoms with van der Waals surface area (Å²) < 4.78 is 22.0. The van der Waals surface area contributed by atoms with Gasteiger partial charge >= 0.3 is 5.97 Å². The summed E-state index contributed by atoms with van der Waals surface area (Å²) in [6, 6.07) is 23.1. The molecule has 5 nitrogen and oxygen atoms in total. The lowest BCUT2D eigenvalue weighted by molar-refractivity contribution is 0.0703. The first-order valence-corrected chi connectivity index (χ1v) is 16.0. The summed E-state index contributed by atoms with van der Waals surface area (Å²) in [5, 5.41) is 11.7. The number of para-hydroxylation sites is 1. The number of halogens is 1. The Hall–Kier alpha value is -3.91. The van der Waals surface area contributed by atoms with Crippen molar-refractivity contribution < 1.29 is 18.5 Å². The van der Waals surface area contributed by atoms with Crippen LogP contribution in [0.2, 0.25) is 5.02 Å². The maximum Gasteiger partial charge on any atom is 0.348 e. The number of aryl methyl sites for hydroxylation is 2. The number of hydrogen-bond donors (Lipinski definition) is 1. The number of carboxylic acids is 1. The van der Waals surface area contributed by atoms with Gasteiger partial charge in [0, 0.05) is 20.8 Å². The first kappa shape index (κ1) is 32.0. The third kappa shape index (κ3) is 7.54.